The number of carbonyl (C=O) groups excluding carboxylic acids is 2. The molecule has 2 aromatic rings. The zero-order chi connectivity index (χ0) is 22.0. The van der Waals surface area contributed by atoms with Gasteiger partial charge < -0.3 is 15.0 Å². The van der Waals surface area contributed by atoms with E-state index in [0.29, 0.717) is 32.0 Å². The Morgan fingerprint density at radius 1 is 1.10 bits per heavy atom. The fraction of sp³-hybridized carbons (Fsp3) is 0.333. The van der Waals surface area contributed by atoms with Gasteiger partial charge in [0.25, 0.3) is 5.91 Å². The second-order valence-corrected chi connectivity index (χ2v) is 9.34. The fourth-order valence-electron chi connectivity index (χ4n) is 3.68. The van der Waals surface area contributed by atoms with Gasteiger partial charge >= 0.3 is 0 Å². The number of ether oxygens (including phenoxy) is 1. The van der Waals surface area contributed by atoms with E-state index in [2.05, 4.69) is 5.32 Å². The molecule has 2 saturated heterocycles. The number of rotatable bonds is 5. The molecule has 0 spiro atoms. The van der Waals surface area contributed by atoms with Gasteiger partial charge in [-0.25, -0.2) is 12.8 Å². The Labute approximate surface area is 179 Å². The van der Waals surface area contributed by atoms with Crippen molar-refractivity contribution in [3.8, 4) is 0 Å². The highest BCUT2D eigenvalue weighted by Crippen LogP contribution is 2.23. The van der Waals surface area contributed by atoms with Crippen LogP contribution < -0.4 is 10.2 Å². The van der Waals surface area contributed by atoms with Gasteiger partial charge in [-0.2, -0.15) is 4.31 Å². The Kier molecular flexibility index (Phi) is 6.03. The van der Waals surface area contributed by atoms with Gasteiger partial charge in [-0.3, -0.25) is 9.59 Å². The SMILES string of the molecule is O=C(N[C@@H]1CC(=O)N(c2cccc(F)c2)C1)c1ccc(S(=O)(=O)N2CCOCC2)cc1. The molecular weight excluding hydrogens is 425 g/mol. The van der Waals surface area contributed by atoms with E-state index < -0.39 is 27.8 Å². The minimum atomic E-state index is -3.64. The Bertz CT molecular complexity index is 1080. The van der Waals surface area contributed by atoms with Crippen molar-refractivity contribution >= 4 is 27.5 Å². The number of halogens is 1. The van der Waals surface area contributed by atoms with Crippen molar-refractivity contribution in [1.82, 2.24) is 9.62 Å². The molecule has 2 aliphatic rings. The largest absolute Gasteiger partial charge is 0.379 e. The first kappa shape index (κ1) is 21.4. The third-order valence-electron chi connectivity index (χ3n) is 5.30. The summed E-state index contributed by atoms with van der Waals surface area (Å²) < 4.78 is 45.4. The number of hydrogen-bond acceptors (Lipinski definition) is 5. The quantitative estimate of drug-likeness (QED) is 0.747. The van der Waals surface area contributed by atoms with Gasteiger partial charge in [0.05, 0.1) is 24.2 Å². The molecule has 1 atom stereocenters. The Morgan fingerprint density at radius 3 is 2.48 bits per heavy atom. The molecule has 2 heterocycles. The number of amides is 2. The number of sulfonamides is 1. The maximum atomic E-state index is 13.5. The van der Waals surface area contributed by atoms with Crippen molar-refractivity contribution in [1.29, 1.82) is 0 Å². The highest BCUT2D eigenvalue weighted by atomic mass is 32.2. The molecule has 8 nitrogen and oxygen atoms in total. The monoisotopic (exact) mass is 447 g/mol. The number of nitrogens with zero attached hydrogens (tertiary/aromatic N) is 2. The maximum absolute atomic E-state index is 13.5. The summed E-state index contributed by atoms with van der Waals surface area (Å²) in [6, 6.07) is 11.0. The molecule has 0 bridgehead atoms. The summed E-state index contributed by atoms with van der Waals surface area (Å²) >= 11 is 0. The molecule has 4 rings (SSSR count). The van der Waals surface area contributed by atoms with Crippen LogP contribution in [-0.2, 0) is 19.6 Å². The van der Waals surface area contributed by atoms with Crippen molar-refractivity contribution < 1.29 is 27.1 Å². The van der Waals surface area contributed by atoms with E-state index in [4.69, 9.17) is 4.74 Å². The summed E-state index contributed by atoms with van der Waals surface area (Å²) in [4.78, 5) is 26.4. The van der Waals surface area contributed by atoms with Crippen molar-refractivity contribution in [2.45, 2.75) is 17.4 Å². The van der Waals surface area contributed by atoms with Crippen molar-refractivity contribution in [2.75, 3.05) is 37.7 Å². The highest BCUT2D eigenvalue weighted by molar-refractivity contribution is 7.89. The van der Waals surface area contributed by atoms with Crippen LogP contribution in [-0.4, -0.2) is 63.4 Å². The van der Waals surface area contributed by atoms with Gasteiger partial charge in [-0.15, -0.1) is 0 Å². The minimum absolute atomic E-state index is 0.103. The maximum Gasteiger partial charge on any atom is 0.251 e. The number of anilines is 1. The van der Waals surface area contributed by atoms with Gasteiger partial charge in [0.1, 0.15) is 5.82 Å². The Balaban J connectivity index is 1.40. The molecule has 2 aromatic carbocycles. The average Bonchev–Trinajstić information content (AvgIpc) is 3.14. The van der Waals surface area contributed by atoms with E-state index in [1.165, 1.54) is 51.7 Å². The van der Waals surface area contributed by atoms with Crippen LogP contribution in [0.3, 0.4) is 0 Å². The molecule has 0 saturated carbocycles. The second kappa shape index (κ2) is 8.74. The van der Waals surface area contributed by atoms with Gasteiger partial charge in [0.2, 0.25) is 15.9 Å². The predicted octanol–water partition coefficient (Wildman–Crippen LogP) is 1.38. The van der Waals surface area contributed by atoms with Gasteiger partial charge in [0.15, 0.2) is 0 Å². The Hall–Kier alpha value is -2.82. The fourth-order valence-corrected chi connectivity index (χ4v) is 5.09. The Morgan fingerprint density at radius 2 is 1.81 bits per heavy atom. The van der Waals surface area contributed by atoms with Crippen LogP contribution in [0.1, 0.15) is 16.8 Å². The number of benzene rings is 2. The van der Waals surface area contributed by atoms with Crippen LogP contribution >= 0.6 is 0 Å². The molecule has 10 heteroatoms. The minimum Gasteiger partial charge on any atom is -0.379 e. The van der Waals surface area contributed by atoms with E-state index in [-0.39, 0.29) is 29.3 Å². The standard InChI is InChI=1S/C21H22FN3O5S/c22-16-2-1-3-18(12-16)25-14-17(13-20(25)26)23-21(27)15-4-6-19(7-5-15)31(28,29)24-8-10-30-11-9-24/h1-7,12,17H,8-11,13-14H2,(H,23,27)/t17-/m1/s1. The topological polar surface area (TPSA) is 96.0 Å². The third kappa shape index (κ3) is 4.60. The van der Waals surface area contributed by atoms with Crippen LogP contribution in [0, 0.1) is 5.82 Å². The first-order valence-corrected chi connectivity index (χ1v) is 11.3. The van der Waals surface area contributed by atoms with Gasteiger partial charge in [-0.05, 0) is 42.5 Å². The molecule has 0 radical (unpaired) electrons. The lowest BCUT2D eigenvalue weighted by Gasteiger charge is -2.26. The summed E-state index contributed by atoms with van der Waals surface area (Å²) in [6.45, 7) is 1.53. The summed E-state index contributed by atoms with van der Waals surface area (Å²) in [5.41, 5.74) is 0.733. The third-order valence-corrected chi connectivity index (χ3v) is 7.22. The summed E-state index contributed by atoms with van der Waals surface area (Å²) in [6.07, 6.45) is 0.103. The van der Waals surface area contributed by atoms with E-state index in [0.717, 1.165) is 0 Å². The van der Waals surface area contributed by atoms with E-state index in [1.807, 2.05) is 0 Å². The van der Waals surface area contributed by atoms with Crippen molar-refractivity contribution in [3.63, 3.8) is 0 Å². The highest BCUT2D eigenvalue weighted by Gasteiger charge is 2.32. The van der Waals surface area contributed by atoms with Crippen LogP contribution in [0.25, 0.3) is 0 Å². The molecule has 0 aliphatic carbocycles. The zero-order valence-electron chi connectivity index (χ0n) is 16.7. The lowest BCUT2D eigenvalue weighted by Crippen LogP contribution is -2.40. The first-order valence-electron chi connectivity index (χ1n) is 9.89. The number of carbonyl (C=O) groups is 2. The lowest BCUT2D eigenvalue weighted by atomic mass is 10.2. The van der Waals surface area contributed by atoms with Crippen LogP contribution in [0.2, 0.25) is 0 Å². The molecule has 0 unspecified atom stereocenters. The first-order chi connectivity index (χ1) is 14.8. The molecule has 2 fully saturated rings. The number of morpholine rings is 1. The summed E-state index contributed by atoms with van der Waals surface area (Å²) in [7, 11) is -3.64. The van der Waals surface area contributed by atoms with Crippen molar-refractivity contribution in [2.24, 2.45) is 0 Å². The number of nitrogens with one attached hydrogen (secondary N) is 1. The van der Waals surface area contributed by atoms with Crippen LogP contribution in [0.4, 0.5) is 10.1 Å². The molecule has 2 amide bonds. The molecule has 0 aromatic heterocycles. The van der Waals surface area contributed by atoms with E-state index in [1.54, 1.807) is 6.07 Å². The molecule has 164 valence electrons. The predicted molar refractivity (Wildman–Crippen MR) is 111 cm³/mol. The summed E-state index contributed by atoms with van der Waals surface area (Å²) in [5.74, 6) is -1.05. The van der Waals surface area contributed by atoms with E-state index >= 15 is 0 Å². The van der Waals surface area contributed by atoms with Crippen LogP contribution in [0.15, 0.2) is 53.4 Å². The summed E-state index contributed by atoms with van der Waals surface area (Å²) in [5, 5.41) is 2.79. The second-order valence-electron chi connectivity index (χ2n) is 7.40. The average molecular weight is 447 g/mol. The zero-order valence-corrected chi connectivity index (χ0v) is 17.5. The van der Waals surface area contributed by atoms with E-state index in [9.17, 15) is 22.4 Å². The lowest BCUT2D eigenvalue weighted by molar-refractivity contribution is -0.117. The molecular formula is C21H22FN3O5S. The van der Waals surface area contributed by atoms with Gasteiger partial charge in [0, 0.05) is 37.3 Å². The smallest absolute Gasteiger partial charge is 0.251 e. The normalized spacial score (nSPS) is 20.1. The molecule has 2 aliphatic heterocycles. The van der Waals surface area contributed by atoms with Crippen molar-refractivity contribution in [3.05, 3.63) is 59.9 Å². The number of hydrogen-bond donors (Lipinski definition) is 1. The van der Waals surface area contributed by atoms with Gasteiger partial charge in [-0.1, -0.05) is 6.07 Å². The van der Waals surface area contributed by atoms with Crippen LogP contribution in [0.5, 0.6) is 0 Å². The molecule has 31 heavy (non-hydrogen) atoms. The molecule has 1 N–H and O–H groups in total.